The molecule has 4 nitrogen and oxygen atoms in total. The molecule has 4 heteroatoms. The summed E-state index contributed by atoms with van der Waals surface area (Å²) in [4.78, 5) is 0. The van der Waals surface area contributed by atoms with Gasteiger partial charge in [0.2, 0.25) is 0 Å². The number of rotatable bonds is 1. The van der Waals surface area contributed by atoms with Crippen LogP contribution in [0.5, 0.6) is 17.2 Å². The van der Waals surface area contributed by atoms with Gasteiger partial charge in [0.15, 0.2) is 0 Å². The average Bonchev–Trinajstić information content (AvgIpc) is 2.40. The summed E-state index contributed by atoms with van der Waals surface area (Å²) < 4.78 is 5.72. The Labute approximate surface area is 110 Å². The molecule has 0 radical (unpaired) electrons. The van der Waals surface area contributed by atoms with Crippen molar-refractivity contribution >= 4 is 0 Å². The molecule has 3 rings (SSSR count). The van der Waals surface area contributed by atoms with Gasteiger partial charge in [-0.15, -0.1) is 0 Å². The maximum Gasteiger partial charge on any atom is 0.150 e. The van der Waals surface area contributed by atoms with Gasteiger partial charge in [-0.3, -0.25) is 0 Å². The summed E-state index contributed by atoms with van der Waals surface area (Å²) in [7, 11) is 0. The van der Waals surface area contributed by atoms with Gasteiger partial charge in [0, 0.05) is 24.1 Å². The molecule has 0 amide bonds. The Morgan fingerprint density at radius 3 is 2.53 bits per heavy atom. The highest BCUT2D eigenvalue weighted by atomic mass is 16.5. The number of fused-ring (bicyclic) bond motifs is 1. The third kappa shape index (κ3) is 2.11. The number of ether oxygens (including phenoxy) is 1. The lowest BCUT2D eigenvalue weighted by atomic mass is 9.94. The molecule has 0 bridgehead atoms. The fourth-order valence-corrected chi connectivity index (χ4v) is 2.39. The van der Waals surface area contributed by atoms with Gasteiger partial charge in [0.1, 0.15) is 23.4 Å². The van der Waals surface area contributed by atoms with Crippen molar-refractivity contribution in [2.75, 3.05) is 0 Å². The third-order valence-electron chi connectivity index (χ3n) is 3.31. The molecule has 1 aliphatic rings. The van der Waals surface area contributed by atoms with E-state index in [0.29, 0.717) is 17.7 Å². The van der Waals surface area contributed by atoms with Crippen LogP contribution in [-0.4, -0.2) is 21.4 Å². The zero-order valence-corrected chi connectivity index (χ0v) is 10.2. The van der Waals surface area contributed by atoms with Crippen LogP contribution in [-0.2, 0) is 6.42 Å². The number of hydrogen-bond acceptors (Lipinski definition) is 4. The van der Waals surface area contributed by atoms with Crippen molar-refractivity contribution in [3.63, 3.8) is 0 Å². The summed E-state index contributed by atoms with van der Waals surface area (Å²) >= 11 is 0. The van der Waals surface area contributed by atoms with Gasteiger partial charge < -0.3 is 20.1 Å². The van der Waals surface area contributed by atoms with Crippen LogP contribution in [0, 0.1) is 0 Å². The van der Waals surface area contributed by atoms with E-state index in [1.807, 2.05) is 30.3 Å². The number of benzene rings is 2. The monoisotopic (exact) mass is 258 g/mol. The first-order valence-electron chi connectivity index (χ1n) is 6.09. The summed E-state index contributed by atoms with van der Waals surface area (Å²) in [6, 6.07) is 12.1. The fourth-order valence-electron chi connectivity index (χ4n) is 2.39. The van der Waals surface area contributed by atoms with Gasteiger partial charge in [0.25, 0.3) is 0 Å². The molecule has 19 heavy (non-hydrogen) atoms. The molecule has 2 unspecified atom stereocenters. The van der Waals surface area contributed by atoms with Crippen LogP contribution in [0.15, 0.2) is 42.5 Å². The van der Waals surface area contributed by atoms with Gasteiger partial charge in [-0.25, -0.2) is 0 Å². The lowest BCUT2D eigenvalue weighted by Crippen LogP contribution is -2.30. The van der Waals surface area contributed by atoms with Crippen LogP contribution >= 0.6 is 0 Å². The Morgan fingerprint density at radius 2 is 1.79 bits per heavy atom. The Hall–Kier alpha value is -2.20. The van der Waals surface area contributed by atoms with Crippen LogP contribution in [0.25, 0.3) is 0 Å². The highest BCUT2D eigenvalue weighted by Gasteiger charge is 2.31. The maximum absolute atomic E-state index is 10.2. The second kappa shape index (κ2) is 4.48. The maximum atomic E-state index is 10.2. The third-order valence-corrected chi connectivity index (χ3v) is 3.31. The number of aromatic hydroxyl groups is 2. The van der Waals surface area contributed by atoms with E-state index >= 15 is 0 Å². The number of aliphatic hydroxyl groups excluding tert-OH is 1. The van der Waals surface area contributed by atoms with E-state index in [-0.39, 0.29) is 11.5 Å². The zero-order chi connectivity index (χ0) is 13.4. The number of hydrogen-bond donors (Lipinski definition) is 3. The summed E-state index contributed by atoms with van der Waals surface area (Å²) in [5.41, 5.74) is 1.39. The van der Waals surface area contributed by atoms with E-state index < -0.39 is 12.2 Å². The number of aliphatic hydroxyl groups is 1. The Bertz CT molecular complexity index is 595. The molecule has 0 spiro atoms. The topological polar surface area (TPSA) is 69.9 Å². The molecule has 98 valence electrons. The van der Waals surface area contributed by atoms with Crippen molar-refractivity contribution in [2.45, 2.75) is 18.6 Å². The van der Waals surface area contributed by atoms with Crippen molar-refractivity contribution in [3.8, 4) is 17.2 Å². The van der Waals surface area contributed by atoms with Gasteiger partial charge >= 0.3 is 0 Å². The largest absolute Gasteiger partial charge is 0.508 e. The van der Waals surface area contributed by atoms with E-state index in [1.165, 1.54) is 12.1 Å². The molecule has 2 aromatic rings. The molecule has 0 saturated carbocycles. The van der Waals surface area contributed by atoms with Crippen LogP contribution in [0.1, 0.15) is 17.2 Å². The van der Waals surface area contributed by atoms with Crippen molar-refractivity contribution < 1.29 is 20.1 Å². The fraction of sp³-hybridized carbons (Fsp3) is 0.200. The number of phenols is 2. The smallest absolute Gasteiger partial charge is 0.150 e. The Balaban J connectivity index is 2.00. The van der Waals surface area contributed by atoms with Crippen molar-refractivity contribution in [1.29, 1.82) is 0 Å². The lowest BCUT2D eigenvalue weighted by molar-refractivity contribution is 0.0198. The molecule has 3 N–H and O–H groups in total. The second-order valence-corrected chi connectivity index (χ2v) is 4.66. The van der Waals surface area contributed by atoms with Crippen LogP contribution in [0.3, 0.4) is 0 Å². The molecule has 0 aromatic heterocycles. The van der Waals surface area contributed by atoms with Gasteiger partial charge in [-0.1, -0.05) is 30.3 Å². The highest BCUT2D eigenvalue weighted by molar-refractivity contribution is 5.51. The summed E-state index contributed by atoms with van der Waals surface area (Å²) in [5.74, 6) is 0.302. The predicted octanol–water partition coefficient (Wildman–Crippen LogP) is 2.13. The summed E-state index contributed by atoms with van der Waals surface area (Å²) in [5, 5.41) is 29.4. The van der Waals surface area contributed by atoms with Crippen LogP contribution < -0.4 is 4.74 Å². The predicted molar refractivity (Wildman–Crippen MR) is 69.3 cm³/mol. The first-order valence-corrected chi connectivity index (χ1v) is 6.09. The molecule has 1 aliphatic heterocycles. The van der Waals surface area contributed by atoms with E-state index in [0.717, 1.165) is 5.56 Å². The van der Waals surface area contributed by atoms with E-state index in [4.69, 9.17) is 4.74 Å². The second-order valence-electron chi connectivity index (χ2n) is 4.66. The molecular formula is C15H14O4. The first-order chi connectivity index (χ1) is 9.15. The van der Waals surface area contributed by atoms with E-state index in [1.54, 1.807) is 0 Å². The van der Waals surface area contributed by atoms with Crippen molar-refractivity contribution in [3.05, 3.63) is 53.6 Å². The average molecular weight is 258 g/mol. The summed E-state index contributed by atoms with van der Waals surface area (Å²) in [6.07, 6.45) is -0.929. The molecule has 1 heterocycles. The minimum atomic E-state index is -0.731. The van der Waals surface area contributed by atoms with Crippen LogP contribution in [0.4, 0.5) is 0 Å². The van der Waals surface area contributed by atoms with E-state index in [9.17, 15) is 15.3 Å². The van der Waals surface area contributed by atoms with Crippen molar-refractivity contribution in [1.82, 2.24) is 0 Å². The van der Waals surface area contributed by atoms with Gasteiger partial charge in [-0.05, 0) is 5.56 Å². The minimum Gasteiger partial charge on any atom is -0.508 e. The lowest BCUT2D eigenvalue weighted by Gasteiger charge is -2.31. The zero-order valence-electron chi connectivity index (χ0n) is 10.2. The van der Waals surface area contributed by atoms with Crippen LogP contribution in [0.2, 0.25) is 0 Å². The molecule has 2 aromatic carbocycles. The molecular weight excluding hydrogens is 244 g/mol. The highest BCUT2D eigenvalue weighted by Crippen LogP contribution is 2.41. The quantitative estimate of drug-likeness (QED) is 0.733. The molecule has 0 saturated heterocycles. The first kappa shape index (κ1) is 11.9. The number of phenolic OH excluding ortho intramolecular Hbond substituents is 2. The molecule has 0 aliphatic carbocycles. The normalized spacial score (nSPS) is 21.5. The van der Waals surface area contributed by atoms with Gasteiger partial charge in [-0.2, -0.15) is 0 Å². The van der Waals surface area contributed by atoms with E-state index in [2.05, 4.69) is 0 Å². The SMILES string of the molecule is Oc1cc(O)c2c(c1)OC(c1ccccc1)C(O)C2. The van der Waals surface area contributed by atoms with Crippen molar-refractivity contribution in [2.24, 2.45) is 0 Å². The Morgan fingerprint density at radius 1 is 1.05 bits per heavy atom. The summed E-state index contributed by atoms with van der Waals surface area (Å²) in [6.45, 7) is 0. The van der Waals surface area contributed by atoms with Gasteiger partial charge in [0.05, 0.1) is 6.10 Å². The standard InChI is InChI=1S/C15H14O4/c16-10-6-12(17)11-8-13(18)15(19-14(11)7-10)9-4-2-1-3-5-9/h1-7,13,15-18H,8H2. The Kier molecular flexibility index (Phi) is 2.80. The minimum absolute atomic E-state index is 0.0550. The molecule has 2 atom stereocenters. The molecule has 0 fully saturated rings.